The molecule has 0 fully saturated rings. The number of fused-ring (bicyclic) bond motifs is 1. The second-order valence-electron chi connectivity index (χ2n) is 5.24. The number of hydrogen-bond donors (Lipinski definition) is 3. The SMILES string of the molecule is CN(Cc1cc2nc(-c3nc(O)cc(CCl)n3)ccc2[nH]1)C(=O)O. The van der Waals surface area contributed by atoms with Crippen molar-refractivity contribution in [2.24, 2.45) is 0 Å². The summed E-state index contributed by atoms with van der Waals surface area (Å²) in [6, 6.07) is 6.68. The van der Waals surface area contributed by atoms with E-state index < -0.39 is 6.09 Å². The molecule has 0 saturated heterocycles. The van der Waals surface area contributed by atoms with E-state index in [4.69, 9.17) is 16.7 Å². The van der Waals surface area contributed by atoms with Crippen LogP contribution in [0, 0.1) is 0 Å². The number of carbonyl (C=O) groups is 1. The Kier molecular flexibility index (Phi) is 4.22. The van der Waals surface area contributed by atoms with Crippen LogP contribution in [0.4, 0.5) is 4.79 Å². The van der Waals surface area contributed by atoms with Crippen LogP contribution in [0.3, 0.4) is 0 Å². The number of aromatic nitrogens is 4. The molecule has 0 saturated carbocycles. The van der Waals surface area contributed by atoms with E-state index in [2.05, 4.69) is 19.9 Å². The molecule has 3 heterocycles. The number of alkyl halides is 1. The second-order valence-corrected chi connectivity index (χ2v) is 5.50. The minimum absolute atomic E-state index is 0.154. The number of hydrogen-bond acceptors (Lipinski definition) is 5. The number of pyridine rings is 1. The molecule has 124 valence electrons. The Bertz CT molecular complexity index is 911. The van der Waals surface area contributed by atoms with Gasteiger partial charge in [-0.25, -0.2) is 14.8 Å². The molecule has 3 aromatic heterocycles. The molecule has 0 aromatic carbocycles. The van der Waals surface area contributed by atoms with Crippen molar-refractivity contribution in [3.63, 3.8) is 0 Å². The first-order chi connectivity index (χ1) is 11.5. The number of nitrogens with one attached hydrogen (secondary N) is 1. The first kappa shape index (κ1) is 16.0. The van der Waals surface area contributed by atoms with E-state index in [-0.39, 0.29) is 24.1 Å². The maximum absolute atomic E-state index is 10.9. The van der Waals surface area contributed by atoms with E-state index in [0.717, 1.165) is 16.1 Å². The van der Waals surface area contributed by atoms with Crippen molar-refractivity contribution in [3.05, 3.63) is 35.7 Å². The van der Waals surface area contributed by atoms with Crippen molar-refractivity contribution in [2.45, 2.75) is 12.4 Å². The van der Waals surface area contributed by atoms with Crippen molar-refractivity contribution in [3.8, 4) is 17.4 Å². The molecule has 3 aromatic rings. The van der Waals surface area contributed by atoms with Crippen LogP contribution in [0.5, 0.6) is 5.88 Å². The number of halogens is 1. The Morgan fingerprint density at radius 1 is 1.29 bits per heavy atom. The molecule has 8 nitrogen and oxygen atoms in total. The average Bonchev–Trinajstić information content (AvgIpc) is 2.95. The van der Waals surface area contributed by atoms with E-state index in [1.165, 1.54) is 13.1 Å². The highest BCUT2D eigenvalue weighted by Crippen LogP contribution is 2.22. The van der Waals surface area contributed by atoms with Crippen molar-refractivity contribution in [1.82, 2.24) is 24.8 Å². The van der Waals surface area contributed by atoms with Gasteiger partial charge in [0.25, 0.3) is 0 Å². The van der Waals surface area contributed by atoms with Crippen LogP contribution in [-0.4, -0.2) is 48.2 Å². The lowest BCUT2D eigenvalue weighted by molar-refractivity contribution is 0.153. The minimum Gasteiger partial charge on any atom is -0.493 e. The fourth-order valence-corrected chi connectivity index (χ4v) is 2.40. The van der Waals surface area contributed by atoms with Gasteiger partial charge in [-0.2, -0.15) is 4.98 Å². The van der Waals surface area contributed by atoms with Gasteiger partial charge in [-0.1, -0.05) is 0 Å². The number of rotatable bonds is 4. The standard InChI is InChI=1S/C15H14ClN5O3/c1-21(15(23)24)7-9-4-12-10(17-9)2-3-11(19-12)14-18-8(6-16)5-13(22)20-14/h2-5,17H,6-7H2,1H3,(H,23,24)(H,18,20,22). The molecule has 0 aliphatic heterocycles. The quantitative estimate of drug-likeness (QED) is 0.625. The van der Waals surface area contributed by atoms with Crippen LogP contribution >= 0.6 is 11.6 Å². The number of H-pyrrole nitrogens is 1. The molecule has 3 rings (SSSR count). The summed E-state index contributed by atoms with van der Waals surface area (Å²) in [5.41, 5.74) is 3.13. The van der Waals surface area contributed by atoms with Gasteiger partial charge in [-0.05, 0) is 18.2 Å². The summed E-state index contributed by atoms with van der Waals surface area (Å²) < 4.78 is 0. The maximum atomic E-state index is 10.9. The van der Waals surface area contributed by atoms with E-state index in [9.17, 15) is 9.90 Å². The second kappa shape index (κ2) is 6.32. The maximum Gasteiger partial charge on any atom is 0.407 e. The normalized spacial score (nSPS) is 10.9. The summed E-state index contributed by atoms with van der Waals surface area (Å²) in [6.07, 6.45) is -1.01. The monoisotopic (exact) mass is 347 g/mol. The predicted octanol–water partition coefficient (Wildman–Crippen LogP) is 2.57. The molecule has 3 N–H and O–H groups in total. The van der Waals surface area contributed by atoms with Gasteiger partial charge in [-0.15, -0.1) is 11.6 Å². The predicted molar refractivity (Wildman–Crippen MR) is 87.8 cm³/mol. The zero-order chi connectivity index (χ0) is 17.3. The number of aromatic amines is 1. The summed E-state index contributed by atoms with van der Waals surface area (Å²) in [6.45, 7) is 0.222. The van der Waals surface area contributed by atoms with E-state index >= 15 is 0 Å². The highest BCUT2D eigenvalue weighted by molar-refractivity contribution is 6.16. The smallest absolute Gasteiger partial charge is 0.407 e. The van der Waals surface area contributed by atoms with Gasteiger partial charge in [0.2, 0.25) is 5.88 Å². The van der Waals surface area contributed by atoms with Gasteiger partial charge in [-0.3, -0.25) is 0 Å². The minimum atomic E-state index is -1.01. The van der Waals surface area contributed by atoms with Crippen molar-refractivity contribution in [1.29, 1.82) is 0 Å². The third-order valence-corrected chi connectivity index (χ3v) is 3.67. The molecule has 0 aliphatic rings. The summed E-state index contributed by atoms with van der Waals surface area (Å²) >= 11 is 5.75. The number of amides is 1. The van der Waals surface area contributed by atoms with Gasteiger partial charge >= 0.3 is 6.09 Å². The van der Waals surface area contributed by atoms with Crippen LogP contribution in [-0.2, 0) is 12.4 Å². The highest BCUT2D eigenvalue weighted by Gasteiger charge is 2.12. The van der Waals surface area contributed by atoms with Crippen LogP contribution in [0.25, 0.3) is 22.6 Å². The molecule has 0 spiro atoms. The average molecular weight is 348 g/mol. The Balaban J connectivity index is 1.97. The largest absolute Gasteiger partial charge is 0.493 e. The molecule has 24 heavy (non-hydrogen) atoms. The lowest BCUT2D eigenvalue weighted by Crippen LogP contribution is -2.23. The van der Waals surface area contributed by atoms with Crippen LogP contribution in [0.2, 0.25) is 0 Å². The number of aromatic hydroxyl groups is 1. The fourth-order valence-electron chi connectivity index (χ4n) is 2.26. The highest BCUT2D eigenvalue weighted by atomic mass is 35.5. The van der Waals surface area contributed by atoms with Crippen molar-refractivity contribution in [2.75, 3.05) is 7.05 Å². The van der Waals surface area contributed by atoms with Gasteiger partial charge in [0, 0.05) is 18.8 Å². The van der Waals surface area contributed by atoms with Gasteiger partial charge in [0.15, 0.2) is 5.82 Å². The zero-order valence-corrected chi connectivity index (χ0v) is 13.4. The third kappa shape index (κ3) is 3.23. The van der Waals surface area contributed by atoms with Gasteiger partial charge in [0.05, 0.1) is 29.2 Å². The van der Waals surface area contributed by atoms with Crippen LogP contribution in [0.15, 0.2) is 24.3 Å². The Labute approximate surface area is 141 Å². The lowest BCUT2D eigenvalue weighted by atomic mass is 10.3. The molecule has 0 radical (unpaired) electrons. The van der Waals surface area contributed by atoms with Gasteiger partial charge < -0.3 is 20.1 Å². The lowest BCUT2D eigenvalue weighted by Gasteiger charge is -2.10. The summed E-state index contributed by atoms with van der Waals surface area (Å²) in [5, 5.41) is 18.6. The zero-order valence-electron chi connectivity index (χ0n) is 12.7. The first-order valence-electron chi connectivity index (χ1n) is 7.02. The first-order valence-corrected chi connectivity index (χ1v) is 7.55. The molecule has 0 aliphatic carbocycles. The Morgan fingerprint density at radius 3 is 2.79 bits per heavy atom. The molecule has 0 unspecified atom stereocenters. The van der Waals surface area contributed by atoms with Crippen molar-refractivity contribution < 1.29 is 15.0 Å². The Morgan fingerprint density at radius 2 is 2.08 bits per heavy atom. The molecule has 9 heteroatoms. The Hall–Kier alpha value is -2.87. The molecular weight excluding hydrogens is 334 g/mol. The van der Waals surface area contributed by atoms with Gasteiger partial charge in [0.1, 0.15) is 5.69 Å². The molecular formula is C15H14ClN5O3. The number of nitrogens with zero attached hydrogens (tertiary/aromatic N) is 4. The summed E-state index contributed by atoms with van der Waals surface area (Å²) in [7, 11) is 1.49. The van der Waals surface area contributed by atoms with Crippen LogP contribution in [0.1, 0.15) is 11.4 Å². The topological polar surface area (TPSA) is 115 Å². The molecule has 0 atom stereocenters. The summed E-state index contributed by atoms with van der Waals surface area (Å²) in [4.78, 5) is 27.8. The van der Waals surface area contributed by atoms with Crippen molar-refractivity contribution >= 4 is 28.7 Å². The summed E-state index contributed by atoms with van der Waals surface area (Å²) in [5.74, 6) is 0.259. The molecule has 1 amide bonds. The third-order valence-electron chi connectivity index (χ3n) is 3.40. The van der Waals surface area contributed by atoms with E-state index in [1.54, 1.807) is 18.2 Å². The number of carboxylic acid groups (broad SMARTS) is 1. The molecule has 0 bridgehead atoms. The van der Waals surface area contributed by atoms with E-state index in [1.807, 2.05) is 0 Å². The van der Waals surface area contributed by atoms with E-state index in [0.29, 0.717) is 16.9 Å². The fraction of sp³-hybridized carbons (Fsp3) is 0.200. The van der Waals surface area contributed by atoms with Crippen LogP contribution < -0.4 is 0 Å².